The summed E-state index contributed by atoms with van der Waals surface area (Å²) in [6.45, 7) is 0. The van der Waals surface area contributed by atoms with Crippen LogP contribution in [0.2, 0.25) is 0 Å². The minimum absolute atomic E-state index is 0.275. The number of nitrogens with zero attached hydrogens (tertiary/aromatic N) is 1. The standard InChI is InChI=1S/C8H5BrClNO2S/c9-8-2-6(4-11)1-7(3-8)5-14(10,12)13/h1-3H,5H2. The third kappa shape index (κ3) is 3.66. The van der Waals surface area contributed by atoms with E-state index in [0.717, 1.165) is 0 Å². The summed E-state index contributed by atoms with van der Waals surface area (Å²) in [4.78, 5) is 0. The SMILES string of the molecule is N#Cc1cc(Br)cc(CS(=O)(=O)Cl)c1. The Morgan fingerprint density at radius 2 is 2.07 bits per heavy atom. The van der Waals surface area contributed by atoms with E-state index in [1.54, 1.807) is 12.1 Å². The third-order valence-electron chi connectivity index (χ3n) is 1.43. The van der Waals surface area contributed by atoms with Crippen LogP contribution in [0.5, 0.6) is 0 Å². The number of benzene rings is 1. The van der Waals surface area contributed by atoms with Crippen molar-refractivity contribution in [3.63, 3.8) is 0 Å². The molecular formula is C8H5BrClNO2S. The summed E-state index contributed by atoms with van der Waals surface area (Å²) < 4.78 is 22.2. The van der Waals surface area contributed by atoms with E-state index in [0.29, 0.717) is 15.6 Å². The van der Waals surface area contributed by atoms with E-state index in [1.165, 1.54) is 6.07 Å². The van der Waals surface area contributed by atoms with Crippen molar-refractivity contribution in [3.8, 4) is 6.07 Å². The van der Waals surface area contributed by atoms with Crippen LogP contribution in [0, 0.1) is 11.3 Å². The lowest BCUT2D eigenvalue weighted by Crippen LogP contribution is -1.95. The Hall–Kier alpha value is -0.570. The minimum atomic E-state index is -3.58. The topological polar surface area (TPSA) is 57.9 Å². The first-order valence-corrected chi connectivity index (χ1v) is 6.80. The predicted octanol–water partition coefficient (Wildman–Crippen LogP) is 2.39. The Labute approximate surface area is 94.9 Å². The van der Waals surface area contributed by atoms with Crippen LogP contribution in [0.25, 0.3) is 0 Å². The highest BCUT2D eigenvalue weighted by Crippen LogP contribution is 2.18. The fourth-order valence-corrected chi connectivity index (χ4v) is 2.48. The smallest absolute Gasteiger partial charge is 0.212 e. The molecule has 0 aliphatic heterocycles. The largest absolute Gasteiger partial charge is 0.236 e. The molecule has 0 N–H and O–H groups in total. The molecular weight excluding hydrogens is 290 g/mol. The molecule has 74 valence electrons. The fourth-order valence-electron chi connectivity index (χ4n) is 0.997. The van der Waals surface area contributed by atoms with Gasteiger partial charge in [0.05, 0.1) is 17.4 Å². The molecule has 0 unspecified atom stereocenters. The summed E-state index contributed by atoms with van der Waals surface area (Å²) in [5, 5.41) is 8.63. The van der Waals surface area contributed by atoms with Gasteiger partial charge in [-0.15, -0.1) is 0 Å². The predicted molar refractivity (Wildman–Crippen MR) is 57.3 cm³/mol. The molecule has 0 amide bonds. The second-order valence-corrected chi connectivity index (χ2v) is 6.34. The normalized spacial score (nSPS) is 10.9. The van der Waals surface area contributed by atoms with Gasteiger partial charge in [0, 0.05) is 15.2 Å². The van der Waals surface area contributed by atoms with Crippen molar-refractivity contribution in [2.45, 2.75) is 5.75 Å². The summed E-state index contributed by atoms with van der Waals surface area (Å²) in [6.07, 6.45) is 0. The van der Waals surface area contributed by atoms with Gasteiger partial charge < -0.3 is 0 Å². The number of nitriles is 1. The lowest BCUT2D eigenvalue weighted by atomic mass is 10.2. The maximum absolute atomic E-state index is 10.8. The molecule has 0 saturated carbocycles. The second kappa shape index (κ2) is 4.30. The van der Waals surface area contributed by atoms with Gasteiger partial charge in [0.2, 0.25) is 9.05 Å². The summed E-state index contributed by atoms with van der Waals surface area (Å²) in [5.41, 5.74) is 0.889. The molecule has 14 heavy (non-hydrogen) atoms. The van der Waals surface area contributed by atoms with Crippen LogP contribution < -0.4 is 0 Å². The van der Waals surface area contributed by atoms with Crippen molar-refractivity contribution in [2.24, 2.45) is 0 Å². The van der Waals surface area contributed by atoms with Crippen LogP contribution in [0.3, 0.4) is 0 Å². The van der Waals surface area contributed by atoms with Gasteiger partial charge in [0.1, 0.15) is 0 Å². The molecule has 1 rings (SSSR count). The molecule has 6 heteroatoms. The molecule has 0 heterocycles. The maximum atomic E-state index is 10.8. The zero-order chi connectivity index (χ0) is 10.8. The highest BCUT2D eigenvalue weighted by Gasteiger charge is 2.08. The third-order valence-corrected chi connectivity index (χ3v) is 2.89. The first-order valence-electron chi connectivity index (χ1n) is 3.52. The average Bonchev–Trinajstić information content (AvgIpc) is 1.99. The molecule has 3 nitrogen and oxygen atoms in total. The van der Waals surface area contributed by atoms with Crippen molar-refractivity contribution >= 4 is 35.7 Å². The van der Waals surface area contributed by atoms with E-state index in [4.69, 9.17) is 15.9 Å². The van der Waals surface area contributed by atoms with Crippen LogP contribution in [0.1, 0.15) is 11.1 Å². The molecule has 0 atom stereocenters. The van der Waals surface area contributed by atoms with E-state index in [2.05, 4.69) is 15.9 Å². The van der Waals surface area contributed by atoms with Gasteiger partial charge >= 0.3 is 0 Å². The number of halogens is 2. The highest BCUT2D eigenvalue weighted by molar-refractivity contribution is 9.10. The molecule has 0 saturated heterocycles. The summed E-state index contributed by atoms with van der Waals surface area (Å²) in [5.74, 6) is -0.275. The lowest BCUT2D eigenvalue weighted by molar-refractivity contribution is 0.609. The molecule has 1 aromatic carbocycles. The molecule has 0 aliphatic carbocycles. The zero-order valence-corrected chi connectivity index (χ0v) is 10.0. The second-order valence-electron chi connectivity index (χ2n) is 2.64. The molecule has 0 bridgehead atoms. The van der Waals surface area contributed by atoms with Crippen LogP contribution in [0.15, 0.2) is 22.7 Å². The van der Waals surface area contributed by atoms with E-state index in [1.807, 2.05) is 6.07 Å². The van der Waals surface area contributed by atoms with Crippen molar-refractivity contribution in [1.82, 2.24) is 0 Å². The Morgan fingerprint density at radius 1 is 1.43 bits per heavy atom. The Kier molecular flexibility index (Phi) is 3.53. The van der Waals surface area contributed by atoms with Gasteiger partial charge in [0.15, 0.2) is 0 Å². The zero-order valence-electron chi connectivity index (χ0n) is 6.87. The van der Waals surface area contributed by atoms with Crippen LogP contribution in [-0.2, 0) is 14.8 Å². The van der Waals surface area contributed by atoms with E-state index in [9.17, 15) is 8.42 Å². The number of rotatable bonds is 2. The summed E-state index contributed by atoms with van der Waals surface area (Å²) in [7, 11) is 1.51. The molecule has 0 spiro atoms. The fraction of sp³-hybridized carbons (Fsp3) is 0.125. The van der Waals surface area contributed by atoms with Crippen LogP contribution in [0.4, 0.5) is 0 Å². The van der Waals surface area contributed by atoms with Crippen molar-refractivity contribution in [2.75, 3.05) is 0 Å². The van der Waals surface area contributed by atoms with Crippen LogP contribution >= 0.6 is 26.6 Å². The minimum Gasteiger partial charge on any atom is -0.212 e. The number of hydrogen-bond donors (Lipinski definition) is 0. The lowest BCUT2D eigenvalue weighted by Gasteiger charge is -1.99. The molecule has 0 aliphatic rings. The Morgan fingerprint density at radius 3 is 2.57 bits per heavy atom. The van der Waals surface area contributed by atoms with E-state index in [-0.39, 0.29) is 5.75 Å². The summed E-state index contributed by atoms with van der Waals surface area (Å²) >= 11 is 3.17. The van der Waals surface area contributed by atoms with Gasteiger partial charge in [-0.25, -0.2) is 8.42 Å². The van der Waals surface area contributed by atoms with Gasteiger partial charge in [-0.05, 0) is 23.8 Å². The van der Waals surface area contributed by atoms with Crippen LogP contribution in [-0.4, -0.2) is 8.42 Å². The van der Waals surface area contributed by atoms with Gasteiger partial charge in [-0.3, -0.25) is 0 Å². The van der Waals surface area contributed by atoms with Crippen molar-refractivity contribution in [3.05, 3.63) is 33.8 Å². The molecule has 0 fully saturated rings. The van der Waals surface area contributed by atoms with Gasteiger partial charge in [-0.2, -0.15) is 5.26 Å². The van der Waals surface area contributed by atoms with Gasteiger partial charge in [-0.1, -0.05) is 15.9 Å². The summed E-state index contributed by atoms with van der Waals surface area (Å²) in [6, 6.07) is 6.63. The Bertz CT molecular complexity index is 493. The molecule has 0 radical (unpaired) electrons. The van der Waals surface area contributed by atoms with Gasteiger partial charge in [0.25, 0.3) is 0 Å². The Balaban J connectivity index is 3.12. The first-order chi connectivity index (χ1) is 6.40. The van der Waals surface area contributed by atoms with Crippen molar-refractivity contribution in [1.29, 1.82) is 5.26 Å². The average molecular weight is 295 g/mol. The molecule has 0 aromatic heterocycles. The molecule has 1 aromatic rings. The first kappa shape index (κ1) is 11.5. The van der Waals surface area contributed by atoms with E-state index >= 15 is 0 Å². The maximum Gasteiger partial charge on any atom is 0.236 e. The highest BCUT2D eigenvalue weighted by atomic mass is 79.9. The van der Waals surface area contributed by atoms with E-state index < -0.39 is 9.05 Å². The van der Waals surface area contributed by atoms with Crippen molar-refractivity contribution < 1.29 is 8.42 Å². The number of hydrogen-bond acceptors (Lipinski definition) is 3. The quantitative estimate of drug-likeness (QED) is 0.787. The monoisotopic (exact) mass is 293 g/mol.